The van der Waals surface area contributed by atoms with Gasteiger partial charge < -0.3 is 0 Å². The molecule has 18 heavy (non-hydrogen) atoms. The number of aromatic nitrogens is 2. The van der Waals surface area contributed by atoms with Crippen molar-refractivity contribution in [2.45, 2.75) is 19.3 Å². The third kappa shape index (κ3) is 2.30. The monoisotopic (exact) mass is 323 g/mol. The molecule has 0 saturated heterocycles. The van der Waals surface area contributed by atoms with Crippen LogP contribution in [0.15, 0.2) is 22.8 Å². The minimum atomic E-state index is -0.213. The quantitative estimate of drug-likeness (QED) is 0.924. The largest absolute Gasteiger partial charge is 0.296 e. The van der Waals surface area contributed by atoms with Crippen molar-refractivity contribution < 1.29 is 4.79 Å². The molecule has 0 aromatic carbocycles. The number of hydrogen-bond donors (Lipinski definition) is 1. The van der Waals surface area contributed by atoms with Crippen LogP contribution in [0.3, 0.4) is 0 Å². The topological polar surface area (TPSA) is 54.9 Å². The van der Waals surface area contributed by atoms with Crippen LogP contribution in [0.1, 0.15) is 27.5 Å². The first-order valence-corrected chi connectivity index (χ1v) is 7.25. The van der Waals surface area contributed by atoms with Gasteiger partial charge in [0.2, 0.25) is 0 Å². The van der Waals surface area contributed by atoms with Crippen molar-refractivity contribution in [1.29, 1.82) is 0 Å². The lowest BCUT2D eigenvalue weighted by Crippen LogP contribution is -2.13. The van der Waals surface area contributed by atoms with Crippen molar-refractivity contribution in [1.82, 2.24) is 9.97 Å². The highest BCUT2D eigenvalue weighted by Gasteiger charge is 2.18. The van der Waals surface area contributed by atoms with E-state index in [4.69, 9.17) is 0 Å². The summed E-state index contributed by atoms with van der Waals surface area (Å²) in [7, 11) is 0. The Morgan fingerprint density at radius 3 is 3.00 bits per heavy atom. The molecule has 3 rings (SSSR count). The number of amides is 1. The van der Waals surface area contributed by atoms with Crippen LogP contribution in [0.25, 0.3) is 0 Å². The fourth-order valence-electron chi connectivity index (χ4n) is 1.92. The fraction of sp³-hybridized carbons (Fsp3) is 0.250. The normalized spacial score (nSPS) is 13.4. The Hall–Kier alpha value is -1.27. The first kappa shape index (κ1) is 11.8. The molecule has 2 heterocycles. The molecule has 1 N–H and O–H groups in total. The molecule has 0 bridgehead atoms. The predicted molar refractivity (Wildman–Crippen MR) is 74.0 cm³/mol. The zero-order chi connectivity index (χ0) is 12.5. The van der Waals surface area contributed by atoms with E-state index >= 15 is 0 Å². The maximum absolute atomic E-state index is 11.9. The average Bonchev–Trinajstić information content (AvgIpc) is 2.90. The smallest absolute Gasteiger partial charge is 0.276 e. The predicted octanol–water partition coefficient (Wildman–Crippen LogP) is 3.04. The summed E-state index contributed by atoms with van der Waals surface area (Å²) in [5, 5.41) is 3.47. The van der Waals surface area contributed by atoms with Crippen molar-refractivity contribution in [2.75, 3.05) is 5.32 Å². The van der Waals surface area contributed by atoms with Gasteiger partial charge in [0, 0.05) is 15.5 Å². The van der Waals surface area contributed by atoms with E-state index in [1.54, 1.807) is 29.7 Å². The zero-order valence-corrected chi connectivity index (χ0v) is 11.8. The second-order valence-corrected chi connectivity index (χ2v) is 6.06. The van der Waals surface area contributed by atoms with Gasteiger partial charge in [-0.1, -0.05) is 0 Å². The average molecular weight is 324 g/mol. The van der Waals surface area contributed by atoms with Gasteiger partial charge >= 0.3 is 0 Å². The van der Waals surface area contributed by atoms with Crippen LogP contribution in [0, 0.1) is 0 Å². The van der Waals surface area contributed by atoms with Crippen LogP contribution in [0.2, 0.25) is 0 Å². The van der Waals surface area contributed by atoms with Crippen LogP contribution < -0.4 is 5.32 Å². The van der Waals surface area contributed by atoms with Crippen molar-refractivity contribution in [3.8, 4) is 0 Å². The number of aryl methyl sites for hydroxylation is 2. The Bertz CT molecular complexity index is 572. The molecule has 0 fully saturated rings. The molecule has 92 valence electrons. The van der Waals surface area contributed by atoms with E-state index in [2.05, 4.69) is 31.2 Å². The number of carbonyl (C=O) groups excluding carboxylic acids is 1. The molecule has 0 radical (unpaired) electrons. The third-order valence-electron chi connectivity index (χ3n) is 2.78. The first-order valence-electron chi connectivity index (χ1n) is 5.64. The summed E-state index contributed by atoms with van der Waals surface area (Å²) in [5.41, 5.74) is 1.53. The highest BCUT2D eigenvalue weighted by atomic mass is 79.9. The molecule has 0 atom stereocenters. The molecule has 1 amide bonds. The number of hydrogen-bond acceptors (Lipinski definition) is 4. The molecule has 0 saturated carbocycles. The lowest BCUT2D eigenvalue weighted by atomic mass is 10.3. The highest BCUT2D eigenvalue weighted by Crippen LogP contribution is 2.30. The Morgan fingerprint density at radius 2 is 2.28 bits per heavy atom. The molecular weight excluding hydrogens is 314 g/mol. The van der Waals surface area contributed by atoms with E-state index in [0.29, 0.717) is 10.8 Å². The van der Waals surface area contributed by atoms with Gasteiger partial charge in [0.25, 0.3) is 5.91 Å². The molecular formula is C12H10BrN3OS. The second kappa shape index (κ2) is 4.78. The Morgan fingerprint density at radius 1 is 1.39 bits per heavy atom. The van der Waals surface area contributed by atoms with E-state index in [-0.39, 0.29) is 5.91 Å². The molecule has 6 heteroatoms. The number of carbonyl (C=O) groups is 1. The van der Waals surface area contributed by atoms with Crippen LogP contribution in [-0.2, 0) is 12.8 Å². The van der Waals surface area contributed by atoms with Gasteiger partial charge in [-0.25, -0.2) is 9.97 Å². The Kier molecular flexibility index (Phi) is 3.13. The maximum atomic E-state index is 11.9. The molecule has 0 spiro atoms. The van der Waals surface area contributed by atoms with E-state index in [1.807, 2.05) is 0 Å². The Labute approximate surface area is 117 Å². The van der Waals surface area contributed by atoms with Crippen molar-refractivity contribution in [2.24, 2.45) is 0 Å². The Balaban J connectivity index is 1.75. The van der Waals surface area contributed by atoms with Gasteiger partial charge in [-0.05, 0) is 47.3 Å². The lowest BCUT2D eigenvalue weighted by molar-refractivity contribution is 0.102. The molecule has 0 aliphatic heterocycles. The van der Waals surface area contributed by atoms with E-state index in [9.17, 15) is 4.79 Å². The van der Waals surface area contributed by atoms with Crippen LogP contribution >= 0.6 is 27.3 Å². The van der Waals surface area contributed by atoms with Crippen LogP contribution in [0.4, 0.5) is 5.13 Å². The number of pyridine rings is 1. The van der Waals surface area contributed by atoms with Gasteiger partial charge in [-0.15, -0.1) is 11.3 Å². The van der Waals surface area contributed by atoms with E-state index in [0.717, 1.165) is 23.0 Å². The number of fused-ring (bicyclic) bond motifs is 1. The summed E-state index contributed by atoms with van der Waals surface area (Å²) in [6.45, 7) is 0. The summed E-state index contributed by atoms with van der Waals surface area (Å²) >= 11 is 4.85. The number of nitrogens with one attached hydrogen (secondary N) is 1. The fourth-order valence-corrected chi connectivity index (χ4v) is 3.19. The van der Waals surface area contributed by atoms with Gasteiger partial charge in [0.05, 0.1) is 5.69 Å². The molecule has 4 nitrogen and oxygen atoms in total. The number of nitrogens with zero attached hydrogens (tertiary/aromatic N) is 2. The van der Waals surface area contributed by atoms with Crippen molar-refractivity contribution in [3.63, 3.8) is 0 Å². The van der Waals surface area contributed by atoms with Gasteiger partial charge in [-0.3, -0.25) is 10.1 Å². The number of halogens is 1. The number of rotatable bonds is 2. The highest BCUT2D eigenvalue weighted by molar-refractivity contribution is 9.10. The number of thiazole rings is 1. The standard InChI is InChI=1S/C12H10BrN3OS/c13-7-4-5-9(14-6-7)11(17)16-12-15-8-2-1-3-10(8)18-12/h4-6H,1-3H2,(H,15,16,17). The minimum absolute atomic E-state index is 0.213. The van der Waals surface area contributed by atoms with E-state index in [1.165, 1.54) is 11.3 Å². The van der Waals surface area contributed by atoms with Gasteiger partial charge in [-0.2, -0.15) is 0 Å². The summed E-state index contributed by atoms with van der Waals surface area (Å²) in [4.78, 5) is 21.7. The van der Waals surface area contributed by atoms with Crippen LogP contribution in [0.5, 0.6) is 0 Å². The molecule has 0 unspecified atom stereocenters. The van der Waals surface area contributed by atoms with Gasteiger partial charge in [0.15, 0.2) is 5.13 Å². The SMILES string of the molecule is O=C(Nc1nc2c(s1)CCC2)c1ccc(Br)cn1. The van der Waals surface area contributed by atoms with Gasteiger partial charge in [0.1, 0.15) is 5.69 Å². The lowest BCUT2D eigenvalue weighted by Gasteiger charge is -2.00. The van der Waals surface area contributed by atoms with Crippen LogP contribution in [-0.4, -0.2) is 15.9 Å². The van der Waals surface area contributed by atoms with Crippen molar-refractivity contribution in [3.05, 3.63) is 39.1 Å². The van der Waals surface area contributed by atoms with Crippen molar-refractivity contribution >= 4 is 38.3 Å². The molecule has 1 aliphatic carbocycles. The molecule has 2 aromatic heterocycles. The summed E-state index contributed by atoms with van der Waals surface area (Å²) in [6, 6.07) is 3.48. The maximum Gasteiger partial charge on any atom is 0.276 e. The summed E-state index contributed by atoms with van der Waals surface area (Å²) < 4.78 is 0.854. The van der Waals surface area contributed by atoms with E-state index < -0.39 is 0 Å². The number of anilines is 1. The minimum Gasteiger partial charge on any atom is -0.296 e. The first-order chi connectivity index (χ1) is 8.72. The summed E-state index contributed by atoms with van der Waals surface area (Å²) in [6.07, 6.45) is 4.89. The zero-order valence-electron chi connectivity index (χ0n) is 9.44. The molecule has 1 aliphatic rings. The second-order valence-electron chi connectivity index (χ2n) is 4.06. The summed E-state index contributed by atoms with van der Waals surface area (Å²) in [5.74, 6) is -0.213. The third-order valence-corrected chi connectivity index (χ3v) is 4.32. The molecule has 2 aromatic rings.